The lowest BCUT2D eigenvalue weighted by molar-refractivity contribution is 0.0528. The molecule has 0 spiro atoms. The SMILES string of the molecule is CC(C)Oc1ccc(COc2ccc3[nH]cc(CCNC(=O)OC(C)(C)C)c3c2)cc1C#N. The standard InChI is InChI=1S/C26H31N3O4/c1-17(2)32-24-9-6-18(12-20(24)14-27)16-31-21-7-8-23-22(13-21)19(15-29-23)10-11-28-25(30)33-26(3,4)5/h6-9,12-13,15,17,29H,10-11,16H2,1-5H3,(H,28,30). The number of alkyl carbamates (subject to hydrolysis) is 1. The zero-order valence-electron chi connectivity index (χ0n) is 19.8. The number of aromatic nitrogens is 1. The highest BCUT2D eigenvalue weighted by molar-refractivity contribution is 5.84. The van der Waals surface area contributed by atoms with Gasteiger partial charge >= 0.3 is 6.09 Å². The second-order valence-corrected chi connectivity index (χ2v) is 9.10. The molecule has 33 heavy (non-hydrogen) atoms. The van der Waals surface area contributed by atoms with Crippen LogP contribution in [0, 0.1) is 11.3 Å². The van der Waals surface area contributed by atoms with Crippen molar-refractivity contribution in [2.24, 2.45) is 0 Å². The fourth-order valence-electron chi connectivity index (χ4n) is 3.35. The summed E-state index contributed by atoms with van der Waals surface area (Å²) in [5.41, 5.74) is 2.93. The van der Waals surface area contributed by atoms with Crippen molar-refractivity contribution in [1.82, 2.24) is 10.3 Å². The van der Waals surface area contributed by atoms with Gasteiger partial charge in [-0.1, -0.05) is 6.07 Å². The Kier molecular flexibility index (Phi) is 7.49. The van der Waals surface area contributed by atoms with Crippen molar-refractivity contribution in [1.29, 1.82) is 5.26 Å². The Morgan fingerprint density at radius 2 is 1.97 bits per heavy atom. The van der Waals surface area contributed by atoms with Gasteiger partial charge < -0.3 is 24.5 Å². The van der Waals surface area contributed by atoms with Crippen LogP contribution < -0.4 is 14.8 Å². The quantitative estimate of drug-likeness (QED) is 0.475. The van der Waals surface area contributed by atoms with E-state index in [-0.39, 0.29) is 6.10 Å². The molecule has 3 rings (SSSR count). The first-order valence-corrected chi connectivity index (χ1v) is 11.0. The van der Waals surface area contributed by atoms with Crippen LogP contribution in [0.25, 0.3) is 10.9 Å². The Hall–Kier alpha value is -3.66. The molecular formula is C26H31N3O4. The molecule has 1 aromatic heterocycles. The summed E-state index contributed by atoms with van der Waals surface area (Å²) >= 11 is 0. The largest absolute Gasteiger partial charge is 0.490 e. The van der Waals surface area contributed by atoms with Crippen molar-refractivity contribution >= 4 is 17.0 Å². The van der Waals surface area contributed by atoms with Crippen molar-refractivity contribution in [2.45, 2.75) is 59.4 Å². The Morgan fingerprint density at radius 1 is 1.18 bits per heavy atom. The van der Waals surface area contributed by atoms with Crippen molar-refractivity contribution < 1.29 is 19.0 Å². The smallest absolute Gasteiger partial charge is 0.407 e. The molecule has 0 aliphatic rings. The maximum Gasteiger partial charge on any atom is 0.407 e. The highest BCUT2D eigenvalue weighted by Crippen LogP contribution is 2.26. The second kappa shape index (κ2) is 10.3. The van der Waals surface area contributed by atoms with Crippen LogP contribution in [-0.2, 0) is 17.8 Å². The number of nitriles is 1. The van der Waals surface area contributed by atoms with Gasteiger partial charge in [0.1, 0.15) is 29.8 Å². The number of hydrogen-bond acceptors (Lipinski definition) is 5. The molecule has 0 aliphatic carbocycles. The number of fused-ring (bicyclic) bond motifs is 1. The molecule has 7 nitrogen and oxygen atoms in total. The maximum atomic E-state index is 11.9. The van der Waals surface area contributed by atoms with Crippen molar-refractivity contribution in [3.05, 3.63) is 59.3 Å². The first-order valence-electron chi connectivity index (χ1n) is 11.0. The van der Waals surface area contributed by atoms with E-state index in [4.69, 9.17) is 14.2 Å². The van der Waals surface area contributed by atoms with Crippen LogP contribution in [0.2, 0.25) is 0 Å². The number of carbonyl (C=O) groups excluding carboxylic acids is 1. The van der Waals surface area contributed by atoms with Gasteiger partial charge in [0, 0.05) is 23.6 Å². The van der Waals surface area contributed by atoms with Gasteiger partial charge in [0.05, 0.1) is 11.7 Å². The van der Waals surface area contributed by atoms with Crippen LogP contribution in [0.4, 0.5) is 4.79 Å². The first-order chi connectivity index (χ1) is 15.6. The van der Waals surface area contributed by atoms with E-state index in [0.717, 1.165) is 27.8 Å². The Balaban J connectivity index is 1.63. The normalized spacial score (nSPS) is 11.3. The third-order valence-corrected chi connectivity index (χ3v) is 4.73. The van der Waals surface area contributed by atoms with Crippen LogP contribution in [0.15, 0.2) is 42.6 Å². The summed E-state index contributed by atoms with van der Waals surface area (Å²) in [4.78, 5) is 15.1. The van der Waals surface area contributed by atoms with E-state index in [0.29, 0.717) is 30.9 Å². The molecule has 3 aromatic rings. The average molecular weight is 450 g/mol. The predicted octanol–water partition coefficient (Wildman–Crippen LogP) is 5.47. The van der Waals surface area contributed by atoms with Gasteiger partial charge in [0.25, 0.3) is 0 Å². The summed E-state index contributed by atoms with van der Waals surface area (Å²) in [6.45, 7) is 10.2. The minimum atomic E-state index is -0.521. The average Bonchev–Trinajstić information content (AvgIpc) is 3.13. The molecule has 0 atom stereocenters. The Morgan fingerprint density at radius 3 is 2.67 bits per heavy atom. The predicted molar refractivity (Wildman–Crippen MR) is 127 cm³/mol. The van der Waals surface area contributed by atoms with Crippen LogP contribution in [0.3, 0.4) is 0 Å². The number of hydrogen-bond donors (Lipinski definition) is 2. The van der Waals surface area contributed by atoms with Crippen molar-refractivity contribution in [3.8, 4) is 17.6 Å². The third kappa shape index (κ3) is 6.91. The van der Waals surface area contributed by atoms with E-state index < -0.39 is 11.7 Å². The lowest BCUT2D eigenvalue weighted by atomic mass is 10.1. The number of nitrogens with zero attached hydrogens (tertiary/aromatic N) is 1. The molecule has 1 heterocycles. The summed E-state index contributed by atoms with van der Waals surface area (Å²) in [6, 6.07) is 13.5. The number of rotatable bonds is 8. The van der Waals surface area contributed by atoms with Gasteiger partial charge in [-0.05, 0) is 82.5 Å². The first kappa shape index (κ1) is 24.0. The number of amides is 1. The molecule has 0 radical (unpaired) electrons. The molecule has 0 bridgehead atoms. The van der Waals surface area contributed by atoms with E-state index in [1.165, 1.54) is 0 Å². The van der Waals surface area contributed by atoms with E-state index in [2.05, 4.69) is 16.4 Å². The molecule has 2 N–H and O–H groups in total. The van der Waals surface area contributed by atoms with E-state index in [9.17, 15) is 10.1 Å². The minimum absolute atomic E-state index is 0.000749. The summed E-state index contributed by atoms with van der Waals surface area (Å²) in [7, 11) is 0. The van der Waals surface area contributed by atoms with Gasteiger partial charge in [-0.3, -0.25) is 0 Å². The van der Waals surface area contributed by atoms with E-state index in [1.807, 2.05) is 71.1 Å². The molecule has 0 unspecified atom stereocenters. The van der Waals surface area contributed by atoms with E-state index in [1.54, 1.807) is 6.07 Å². The molecule has 0 fully saturated rings. The molecule has 174 valence electrons. The molecule has 2 aromatic carbocycles. The number of aromatic amines is 1. The van der Waals surface area contributed by atoms with Gasteiger partial charge in [-0.25, -0.2) is 4.79 Å². The van der Waals surface area contributed by atoms with Crippen LogP contribution in [0.1, 0.15) is 51.3 Å². The molecule has 0 saturated heterocycles. The number of nitrogens with one attached hydrogen (secondary N) is 2. The monoisotopic (exact) mass is 449 g/mol. The van der Waals surface area contributed by atoms with E-state index >= 15 is 0 Å². The molecule has 7 heteroatoms. The van der Waals surface area contributed by atoms with Crippen molar-refractivity contribution in [2.75, 3.05) is 6.54 Å². The van der Waals surface area contributed by atoms with Crippen LogP contribution in [-0.4, -0.2) is 29.3 Å². The van der Waals surface area contributed by atoms with Gasteiger partial charge in [0.15, 0.2) is 0 Å². The fraction of sp³-hybridized carbons (Fsp3) is 0.385. The number of carbonyl (C=O) groups is 1. The van der Waals surface area contributed by atoms with Crippen molar-refractivity contribution in [3.63, 3.8) is 0 Å². The summed E-state index contributed by atoms with van der Waals surface area (Å²) in [5.74, 6) is 1.30. The lowest BCUT2D eigenvalue weighted by Gasteiger charge is -2.19. The molecule has 1 amide bonds. The topological polar surface area (TPSA) is 96.4 Å². The molecule has 0 aliphatic heterocycles. The third-order valence-electron chi connectivity index (χ3n) is 4.73. The number of ether oxygens (including phenoxy) is 3. The zero-order chi connectivity index (χ0) is 24.0. The Bertz CT molecular complexity index is 1150. The molecular weight excluding hydrogens is 418 g/mol. The second-order valence-electron chi connectivity index (χ2n) is 9.10. The van der Waals surface area contributed by atoms with Crippen LogP contribution >= 0.6 is 0 Å². The van der Waals surface area contributed by atoms with Gasteiger partial charge in [0.2, 0.25) is 0 Å². The minimum Gasteiger partial charge on any atom is -0.490 e. The lowest BCUT2D eigenvalue weighted by Crippen LogP contribution is -2.33. The van der Waals surface area contributed by atoms with Crippen LogP contribution in [0.5, 0.6) is 11.5 Å². The maximum absolute atomic E-state index is 11.9. The summed E-state index contributed by atoms with van der Waals surface area (Å²) in [5, 5.41) is 13.2. The fourth-order valence-corrected chi connectivity index (χ4v) is 3.35. The molecule has 0 saturated carbocycles. The highest BCUT2D eigenvalue weighted by Gasteiger charge is 2.16. The number of H-pyrrole nitrogens is 1. The highest BCUT2D eigenvalue weighted by atomic mass is 16.6. The summed E-state index contributed by atoms with van der Waals surface area (Å²) < 4.78 is 16.9. The van der Waals surface area contributed by atoms with Gasteiger partial charge in [-0.15, -0.1) is 0 Å². The van der Waals surface area contributed by atoms with Gasteiger partial charge in [-0.2, -0.15) is 5.26 Å². The Labute approximate surface area is 194 Å². The number of benzene rings is 2. The zero-order valence-corrected chi connectivity index (χ0v) is 19.8. The summed E-state index contributed by atoms with van der Waals surface area (Å²) in [6.07, 6.45) is 2.18.